The van der Waals surface area contributed by atoms with Crippen LogP contribution in [0, 0.1) is 12.8 Å². The highest BCUT2D eigenvalue weighted by atomic mass is 32.1. The fourth-order valence-electron chi connectivity index (χ4n) is 3.58. The first-order valence-electron chi connectivity index (χ1n) is 10.9. The van der Waals surface area contributed by atoms with E-state index in [1.807, 2.05) is 61.5 Å². The van der Waals surface area contributed by atoms with E-state index in [0.29, 0.717) is 16.6 Å². The number of fused-ring (bicyclic) bond motifs is 1. The zero-order chi connectivity index (χ0) is 22.8. The largest absolute Gasteiger partial charge is 0.484 e. The number of benzene rings is 3. The van der Waals surface area contributed by atoms with Crippen molar-refractivity contribution in [1.82, 2.24) is 4.98 Å². The molecule has 7 heteroatoms. The highest BCUT2D eigenvalue weighted by Gasteiger charge is 2.29. The fourth-order valence-corrected chi connectivity index (χ4v) is 4.57. The van der Waals surface area contributed by atoms with E-state index >= 15 is 0 Å². The van der Waals surface area contributed by atoms with E-state index < -0.39 is 0 Å². The Labute approximate surface area is 195 Å². The molecule has 0 radical (unpaired) electrons. The molecule has 1 aliphatic rings. The van der Waals surface area contributed by atoms with Gasteiger partial charge in [0.15, 0.2) is 11.7 Å². The van der Waals surface area contributed by atoms with E-state index in [2.05, 4.69) is 5.32 Å². The first-order valence-corrected chi connectivity index (χ1v) is 11.7. The minimum atomic E-state index is -0.226. The standard InChI is InChI=1S/C26H23N3O3S/c1-17-7-2-4-11-22(17)29(26-28-21-10-3-5-12-23(21)33-26)24(30)16-32-20-9-6-8-19(15-20)27-25(31)18-13-14-18/h2-12,15,18H,13-14,16H2,1H3,(H,27,31). The molecular weight excluding hydrogens is 434 g/mol. The van der Waals surface area contributed by atoms with Crippen molar-refractivity contribution in [3.05, 3.63) is 78.4 Å². The lowest BCUT2D eigenvalue weighted by molar-refractivity contribution is -0.120. The van der Waals surface area contributed by atoms with Gasteiger partial charge in [-0.2, -0.15) is 0 Å². The maximum absolute atomic E-state index is 13.4. The van der Waals surface area contributed by atoms with Gasteiger partial charge in [-0.05, 0) is 55.7 Å². The summed E-state index contributed by atoms with van der Waals surface area (Å²) in [5.74, 6) is 0.444. The number of aromatic nitrogens is 1. The van der Waals surface area contributed by atoms with Gasteiger partial charge < -0.3 is 10.1 Å². The number of carbonyl (C=O) groups excluding carboxylic acids is 2. The van der Waals surface area contributed by atoms with Gasteiger partial charge in [0, 0.05) is 17.7 Å². The summed E-state index contributed by atoms with van der Waals surface area (Å²) >= 11 is 1.47. The monoisotopic (exact) mass is 457 g/mol. The molecule has 1 saturated carbocycles. The first kappa shape index (κ1) is 21.2. The molecule has 1 fully saturated rings. The lowest BCUT2D eigenvalue weighted by atomic mass is 10.2. The number of carbonyl (C=O) groups is 2. The van der Waals surface area contributed by atoms with Gasteiger partial charge in [-0.3, -0.25) is 14.5 Å². The van der Waals surface area contributed by atoms with Gasteiger partial charge in [-0.15, -0.1) is 0 Å². The minimum absolute atomic E-state index is 0.0322. The molecule has 1 heterocycles. The van der Waals surface area contributed by atoms with Crippen molar-refractivity contribution in [2.75, 3.05) is 16.8 Å². The zero-order valence-electron chi connectivity index (χ0n) is 18.2. The minimum Gasteiger partial charge on any atom is -0.484 e. The van der Waals surface area contributed by atoms with Gasteiger partial charge in [-0.1, -0.05) is 47.7 Å². The second kappa shape index (κ2) is 9.03. The molecule has 1 aliphatic carbocycles. The third-order valence-electron chi connectivity index (χ3n) is 5.49. The van der Waals surface area contributed by atoms with Crippen molar-refractivity contribution in [1.29, 1.82) is 0 Å². The maximum atomic E-state index is 13.4. The summed E-state index contributed by atoms with van der Waals surface area (Å²) in [4.78, 5) is 31.8. The third kappa shape index (κ3) is 4.73. The molecular formula is C26H23N3O3S. The average Bonchev–Trinajstić information content (AvgIpc) is 3.59. The SMILES string of the molecule is Cc1ccccc1N(C(=O)COc1cccc(NC(=O)C2CC2)c1)c1nc2ccccc2s1. The summed E-state index contributed by atoms with van der Waals surface area (Å²) in [5, 5.41) is 3.51. The second-order valence-electron chi connectivity index (χ2n) is 8.06. The van der Waals surface area contributed by atoms with Gasteiger partial charge in [0.05, 0.1) is 15.9 Å². The molecule has 0 aliphatic heterocycles. The van der Waals surface area contributed by atoms with Crippen LogP contribution in [0.25, 0.3) is 10.2 Å². The van der Waals surface area contributed by atoms with Crippen LogP contribution < -0.4 is 15.0 Å². The number of hydrogen-bond acceptors (Lipinski definition) is 5. The lowest BCUT2D eigenvalue weighted by Gasteiger charge is -2.22. The first-order chi connectivity index (χ1) is 16.1. The second-order valence-corrected chi connectivity index (χ2v) is 9.07. The predicted molar refractivity (Wildman–Crippen MR) is 131 cm³/mol. The summed E-state index contributed by atoms with van der Waals surface area (Å²) in [7, 11) is 0. The van der Waals surface area contributed by atoms with E-state index in [-0.39, 0.29) is 24.3 Å². The Kier molecular flexibility index (Phi) is 5.79. The quantitative estimate of drug-likeness (QED) is 0.387. The van der Waals surface area contributed by atoms with Crippen molar-refractivity contribution in [2.45, 2.75) is 19.8 Å². The Balaban J connectivity index is 1.37. The van der Waals surface area contributed by atoms with Crippen LogP contribution in [-0.2, 0) is 9.59 Å². The van der Waals surface area contributed by atoms with E-state index in [4.69, 9.17) is 9.72 Å². The molecule has 1 aromatic heterocycles. The molecule has 4 aromatic rings. The van der Waals surface area contributed by atoms with Gasteiger partial charge in [0.2, 0.25) is 5.91 Å². The number of thiazole rings is 1. The number of anilines is 3. The summed E-state index contributed by atoms with van der Waals surface area (Å²) in [6.45, 7) is 1.81. The summed E-state index contributed by atoms with van der Waals surface area (Å²) in [6.07, 6.45) is 1.88. The van der Waals surface area contributed by atoms with Crippen LogP contribution in [0.4, 0.5) is 16.5 Å². The molecule has 0 saturated heterocycles. The number of rotatable bonds is 7. The van der Waals surface area contributed by atoms with Crippen LogP contribution in [-0.4, -0.2) is 23.4 Å². The van der Waals surface area contributed by atoms with Crippen LogP contribution in [0.15, 0.2) is 72.8 Å². The lowest BCUT2D eigenvalue weighted by Crippen LogP contribution is -2.31. The molecule has 0 atom stereocenters. The zero-order valence-corrected chi connectivity index (χ0v) is 19.0. The highest BCUT2D eigenvalue weighted by Crippen LogP contribution is 2.35. The normalized spacial score (nSPS) is 13.0. The number of nitrogens with one attached hydrogen (secondary N) is 1. The van der Waals surface area contributed by atoms with Crippen molar-refractivity contribution in [3.8, 4) is 5.75 Å². The summed E-state index contributed by atoms with van der Waals surface area (Å²) < 4.78 is 6.85. The van der Waals surface area contributed by atoms with Crippen molar-refractivity contribution in [3.63, 3.8) is 0 Å². The third-order valence-corrected chi connectivity index (χ3v) is 6.51. The van der Waals surface area contributed by atoms with E-state index in [9.17, 15) is 9.59 Å². The molecule has 33 heavy (non-hydrogen) atoms. The molecule has 0 spiro atoms. The Hall–Kier alpha value is -3.71. The number of nitrogens with zero attached hydrogens (tertiary/aromatic N) is 2. The fraction of sp³-hybridized carbons (Fsp3) is 0.192. The number of amides is 2. The molecule has 0 bridgehead atoms. The molecule has 0 unspecified atom stereocenters. The van der Waals surface area contributed by atoms with E-state index in [1.54, 1.807) is 23.1 Å². The van der Waals surface area contributed by atoms with Crippen molar-refractivity contribution < 1.29 is 14.3 Å². The summed E-state index contributed by atoms with van der Waals surface area (Å²) in [6, 6.07) is 22.7. The van der Waals surface area contributed by atoms with Gasteiger partial charge in [0.1, 0.15) is 5.75 Å². The molecule has 1 N–H and O–H groups in total. The van der Waals surface area contributed by atoms with Crippen molar-refractivity contribution in [2.24, 2.45) is 5.92 Å². The Morgan fingerprint density at radius 2 is 1.85 bits per heavy atom. The van der Waals surface area contributed by atoms with Crippen LogP contribution in [0.2, 0.25) is 0 Å². The number of para-hydroxylation sites is 2. The van der Waals surface area contributed by atoms with Crippen LogP contribution in [0.5, 0.6) is 5.75 Å². The Morgan fingerprint density at radius 3 is 2.64 bits per heavy atom. The smallest absolute Gasteiger partial charge is 0.271 e. The predicted octanol–water partition coefficient (Wildman–Crippen LogP) is 5.70. The van der Waals surface area contributed by atoms with Gasteiger partial charge >= 0.3 is 0 Å². The molecule has 6 nitrogen and oxygen atoms in total. The van der Waals surface area contributed by atoms with E-state index in [1.165, 1.54) is 11.3 Å². The Bertz CT molecular complexity index is 1300. The highest BCUT2D eigenvalue weighted by molar-refractivity contribution is 7.22. The topological polar surface area (TPSA) is 71.5 Å². The van der Waals surface area contributed by atoms with E-state index in [0.717, 1.165) is 34.3 Å². The summed E-state index contributed by atoms with van der Waals surface area (Å²) in [5.41, 5.74) is 3.26. The molecule has 3 aromatic carbocycles. The molecule has 2 amide bonds. The average molecular weight is 458 g/mol. The van der Waals surface area contributed by atoms with Crippen LogP contribution in [0.3, 0.4) is 0 Å². The van der Waals surface area contributed by atoms with Crippen LogP contribution in [0.1, 0.15) is 18.4 Å². The van der Waals surface area contributed by atoms with Crippen LogP contribution >= 0.6 is 11.3 Å². The van der Waals surface area contributed by atoms with Gasteiger partial charge in [-0.25, -0.2) is 4.98 Å². The van der Waals surface area contributed by atoms with Gasteiger partial charge in [0.25, 0.3) is 5.91 Å². The maximum Gasteiger partial charge on any atom is 0.271 e. The molecule has 166 valence electrons. The number of ether oxygens (including phenoxy) is 1. The molecule has 5 rings (SSSR count). The number of hydrogen-bond donors (Lipinski definition) is 1. The Morgan fingerprint density at radius 1 is 1.06 bits per heavy atom. The number of aryl methyl sites for hydroxylation is 1. The van der Waals surface area contributed by atoms with Crippen molar-refractivity contribution >= 4 is 49.9 Å².